The van der Waals surface area contributed by atoms with E-state index in [1.165, 1.54) is 161 Å². The molecule has 320 valence electrons. The van der Waals surface area contributed by atoms with Crippen molar-refractivity contribution in [2.24, 2.45) is 5.92 Å². The van der Waals surface area contributed by atoms with Crippen LogP contribution < -0.4 is 0 Å². The van der Waals surface area contributed by atoms with Gasteiger partial charge in [-0.05, 0) is 25.2 Å². The van der Waals surface area contributed by atoms with Gasteiger partial charge in [-0.25, -0.2) is 0 Å². The predicted molar refractivity (Wildman–Crippen MR) is 229 cm³/mol. The fourth-order valence-electron chi connectivity index (χ4n) is 7.12. The lowest BCUT2D eigenvalue weighted by Crippen LogP contribution is -2.30. The van der Waals surface area contributed by atoms with Crippen LogP contribution in [0.3, 0.4) is 0 Å². The van der Waals surface area contributed by atoms with Gasteiger partial charge in [-0.15, -0.1) is 0 Å². The minimum Gasteiger partial charge on any atom is -0.462 e. The Morgan fingerprint density at radius 3 is 0.963 bits per heavy atom. The Hall–Kier alpha value is -1.59. The molecule has 0 aromatic rings. The molecule has 0 heterocycles. The van der Waals surface area contributed by atoms with Gasteiger partial charge in [0, 0.05) is 19.3 Å². The van der Waals surface area contributed by atoms with Crippen molar-refractivity contribution in [3.05, 3.63) is 0 Å². The van der Waals surface area contributed by atoms with Crippen LogP contribution in [-0.4, -0.2) is 37.2 Å². The Bertz CT molecular complexity index is 813. The Morgan fingerprint density at radius 1 is 0.370 bits per heavy atom. The molecule has 6 heteroatoms. The SMILES string of the molecule is CCCCCCCCCCCCCCCCCCCC(=O)OC[C@@H](COC(=O)CCCCCCCCC)OC(=O)CCCCCCCCCCC(C)CC. The topological polar surface area (TPSA) is 78.9 Å². The summed E-state index contributed by atoms with van der Waals surface area (Å²) in [6.07, 6.45) is 42.4. The minimum absolute atomic E-state index is 0.0642. The Morgan fingerprint density at radius 2 is 0.648 bits per heavy atom. The highest BCUT2D eigenvalue weighted by Crippen LogP contribution is 2.17. The molecule has 0 radical (unpaired) electrons. The number of carbonyl (C=O) groups excluding carboxylic acids is 3. The van der Waals surface area contributed by atoms with E-state index in [-0.39, 0.29) is 31.1 Å². The molecule has 0 aliphatic heterocycles. The molecule has 0 saturated heterocycles. The van der Waals surface area contributed by atoms with Crippen LogP contribution in [0.5, 0.6) is 0 Å². The molecule has 0 saturated carbocycles. The highest BCUT2D eigenvalue weighted by molar-refractivity contribution is 5.71. The van der Waals surface area contributed by atoms with Gasteiger partial charge >= 0.3 is 17.9 Å². The van der Waals surface area contributed by atoms with E-state index in [9.17, 15) is 14.4 Å². The summed E-state index contributed by atoms with van der Waals surface area (Å²) in [4.78, 5) is 37.6. The van der Waals surface area contributed by atoms with Gasteiger partial charge < -0.3 is 14.2 Å². The van der Waals surface area contributed by atoms with Crippen molar-refractivity contribution >= 4 is 17.9 Å². The summed E-state index contributed by atoms with van der Waals surface area (Å²) in [5.41, 5.74) is 0. The van der Waals surface area contributed by atoms with Gasteiger partial charge in [0.2, 0.25) is 0 Å². The second-order valence-electron chi connectivity index (χ2n) is 16.6. The molecular formula is C48H92O6. The first-order valence-electron chi connectivity index (χ1n) is 23.9. The number of rotatable bonds is 43. The average Bonchev–Trinajstić information content (AvgIpc) is 3.17. The number of hydrogen-bond donors (Lipinski definition) is 0. The van der Waals surface area contributed by atoms with Gasteiger partial charge in [-0.2, -0.15) is 0 Å². The van der Waals surface area contributed by atoms with E-state index in [0.717, 1.165) is 63.7 Å². The van der Waals surface area contributed by atoms with E-state index in [4.69, 9.17) is 14.2 Å². The molecule has 0 fully saturated rings. The number of ether oxygens (including phenoxy) is 3. The van der Waals surface area contributed by atoms with Crippen LogP contribution >= 0.6 is 0 Å². The van der Waals surface area contributed by atoms with Crippen LogP contribution in [0.1, 0.15) is 265 Å². The van der Waals surface area contributed by atoms with Gasteiger partial charge in [0.25, 0.3) is 0 Å². The van der Waals surface area contributed by atoms with Crippen molar-refractivity contribution < 1.29 is 28.6 Å². The fraction of sp³-hybridized carbons (Fsp3) is 0.938. The maximum atomic E-state index is 12.7. The van der Waals surface area contributed by atoms with Crippen molar-refractivity contribution in [1.82, 2.24) is 0 Å². The minimum atomic E-state index is -0.759. The lowest BCUT2D eigenvalue weighted by molar-refractivity contribution is -0.167. The van der Waals surface area contributed by atoms with E-state index >= 15 is 0 Å². The molecule has 0 bridgehead atoms. The first kappa shape index (κ1) is 52.4. The molecule has 6 nitrogen and oxygen atoms in total. The smallest absolute Gasteiger partial charge is 0.306 e. The zero-order valence-electron chi connectivity index (χ0n) is 36.7. The monoisotopic (exact) mass is 765 g/mol. The fourth-order valence-corrected chi connectivity index (χ4v) is 7.12. The first-order chi connectivity index (χ1) is 26.4. The van der Waals surface area contributed by atoms with E-state index in [1.807, 2.05) is 0 Å². The van der Waals surface area contributed by atoms with Crippen molar-refractivity contribution in [1.29, 1.82) is 0 Å². The van der Waals surface area contributed by atoms with Crippen molar-refractivity contribution in [3.8, 4) is 0 Å². The zero-order valence-corrected chi connectivity index (χ0v) is 36.7. The maximum absolute atomic E-state index is 12.7. The van der Waals surface area contributed by atoms with Crippen molar-refractivity contribution in [2.45, 2.75) is 271 Å². The number of hydrogen-bond acceptors (Lipinski definition) is 6. The lowest BCUT2D eigenvalue weighted by Gasteiger charge is -2.18. The van der Waals surface area contributed by atoms with Crippen molar-refractivity contribution in [2.75, 3.05) is 13.2 Å². The largest absolute Gasteiger partial charge is 0.462 e. The van der Waals surface area contributed by atoms with E-state index in [1.54, 1.807) is 0 Å². The van der Waals surface area contributed by atoms with Gasteiger partial charge in [-0.1, -0.05) is 227 Å². The Kier molecular flexibility index (Phi) is 41.3. The van der Waals surface area contributed by atoms with Gasteiger partial charge in [0.1, 0.15) is 13.2 Å². The van der Waals surface area contributed by atoms with Gasteiger partial charge in [0.05, 0.1) is 0 Å². The third kappa shape index (κ3) is 40.1. The quantitative estimate of drug-likeness (QED) is 0.0349. The molecule has 0 aliphatic rings. The molecule has 54 heavy (non-hydrogen) atoms. The third-order valence-electron chi connectivity index (χ3n) is 11.2. The molecule has 0 amide bonds. The van der Waals surface area contributed by atoms with Crippen LogP contribution in [0.15, 0.2) is 0 Å². The molecule has 0 spiro atoms. The normalized spacial score (nSPS) is 12.4. The van der Waals surface area contributed by atoms with E-state index < -0.39 is 6.10 Å². The predicted octanol–water partition coefficient (Wildman–Crippen LogP) is 15.1. The molecule has 0 N–H and O–H groups in total. The van der Waals surface area contributed by atoms with Gasteiger partial charge in [0.15, 0.2) is 6.10 Å². The number of esters is 3. The van der Waals surface area contributed by atoms with Crippen LogP contribution in [0.4, 0.5) is 0 Å². The lowest BCUT2D eigenvalue weighted by atomic mass is 9.99. The Balaban J connectivity index is 4.22. The molecule has 0 rings (SSSR count). The van der Waals surface area contributed by atoms with Crippen molar-refractivity contribution in [3.63, 3.8) is 0 Å². The highest BCUT2D eigenvalue weighted by Gasteiger charge is 2.19. The summed E-state index contributed by atoms with van der Waals surface area (Å²) >= 11 is 0. The summed E-state index contributed by atoms with van der Waals surface area (Å²) in [5.74, 6) is -0.0141. The van der Waals surface area contributed by atoms with E-state index in [0.29, 0.717) is 19.3 Å². The van der Waals surface area contributed by atoms with E-state index in [2.05, 4.69) is 27.7 Å². The van der Waals surface area contributed by atoms with Gasteiger partial charge in [-0.3, -0.25) is 14.4 Å². The highest BCUT2D eigenvalue weighted by atomic mass is 16.6. The molecule has 2 atom stereocenters. The zero-order chi connectivity index (χ0) is 39.6. The first-order valence-corrected chi connectivity index (χ1v) is 23.9. The summed E-state index contributed by atoms with van der Waals surface area (Å²) in [6, 6.07) is 0. The van der Waals surface area contributed by atoms with Crippen LogP contribution in [0, 0.1) is 5.92 Å². The molecule has 0 aromatic carbocycles. The van der Waals surface area contributed by atoms with Crippen LogP contribution in [0.25, 0.3) is 0 Å². The molecule has 0 aliphatic carbocycles. The third-order valence-corrected chi connectivity index (χ3v) is 11.2. The van der Waals surface area contributed by atoms with Crippen LogP contribution in [-0.2, 0) is 28.6 Å². The summed E-state index contributed by atoms with van der Waals surface area (Å²) in [5, 5.41) is 0. The second kappa shape index (κ2) is 42.6. The molecular weight excluding hydrogens is 673 g/mol. The average molecular weight is 765 g/mol. The Labute approximate surface area is 336 Å². The molecule has 0 aromatic heterocycles. The molecule has 1 unspecified atom stereocenters. The summed E-state index contributed by atoms with van der Waals surface area (Å²) in [6.45, 7) is 8.97. The standard InChI is InChI=1S/C48H92O6/c1-5-8-10-12-14-15-16-17-18-19-20-21-22-23-28-32-36-40-47(50)53-43-45(42-52-46(49)39-35-31-26-13-11-9-6-2)54-48(51)41-37-33-29-25-24-27-30-34-38-44(4)7-3/h44-45H,5-43H2,1-4H3/t44?,45-/m1/s1. The number of carbonyl (C=O) groups is 3. The summed E-state index contributed by atoms with van der Waals surface area (Å²) in [7, 11) is 0. The second-order valence-corrected chi connectivity index (χ2v) is 16.6. The summed E-state index contributed by atoms with van der Waals surface area (Å²) < 4.78 is 16.7. The maximum Gasteiger partial charge on any atom is 0.306 e. The van der Waals surface area contributed by atoms with Crippen LogP contribution in [0.2, 0.25) is 0 Å². The number of unbranched alkanes of at least 4 members (excludes halogenated alkanes) is 29.